The maximum Gasteiger partial charge on any atom is 0.302 e. The summed E-state index contributed by atoms with van der Waals surface area (Å²) >= 11 is 0. The van der Waals surface area contributed by atoms with Crippen LogP contribution in [0.3, 0.4) is 0 Å². The van der Waals surface area contributed by atoms with E-state index in [-0.39, 0.29) is 12.1 Å². The van der Waals surface area contributed by atoms with Crippen molar-refractivity contribution in [1.82, 2.24) is 0 Å². The normalized spacial score (nSPS) is 48.9. The molecule has 0 radical (unpaired) electrons. The fraction of sp³-hybridized carbons (Fsp3) is 0.938. The van der Waals surface area contributed by atoms with E-state index in [0.29, 0.717) is 22.7 Å². The molecular weight excluding hydrogens is 224 g/mol. The van der Waals surface area contributed by atoms with Crippen LogP contribution in [0.1, 0.15) is 59.8 Å². The Morgan fingerprint density at radius 1 is 1.28 bits per heavy atom. The van der Waals surface area contributed by atoms with Gasteiger partial charge in [-0.1, -0.05) is 27.2 Å². The molecular formula is C16H26O2. The summed E-state index contributed by atoms with van der Waals surface area (Å²) in [6.45, 7) is 8.82. The molecule has 3 aliphatic rings. The fourth-order valence-electron chi connectivity index (χ4n) is 5.66. The molecule has 0 aromatic rings. The third kappa shape index (κ3) is 1.44. The predicted octanol–water partition coefficient (Wildman–Crippen LogP) is 3.79. The molecule has 0 N–H and O–H groups in total. The predicted molar refractivity (Wildman–Crippen MR) is 71.0 cm³/mol. The van der Waals surface area contributed by atoms with Gasteiger partial charge in [0, 0.05) is 12.8 Å². The van der Waals surface area contributed by atoms with Crippen molar-refractivity contribution >= 4 is 5.97 Å². The first-order valence-corrected chi connectivity index (χ1v) is 7.55. The van der Waals surface area contributed by atoms with Gasteiger partial charge in [0.2, 0.25) is 0 Å². The smallest absolute Gasteiger partial charge is 0.302 e. The lowest BCUT2D eigenvalue weighted by atomic mass is 9.52. The van der Waals surface area contributed by atoms with Crippen molar-refractivity contribution in [2.75, 3.05) is 0 Å². The van der Waals surface area contributed by atoms with Gasteiger partial charge >= 0.3 is 5.97 Å². The second-order valence-electron chi connectivity index (χ2n) is 7.66. The molecule has 3 rings (SSSR count). The van der Waals surface area contributed by atoms with E-state index in [2.05, 4.69) is 20.8 Å². The van der Waals surface area contributed by atoms with Crippen LogP contribution < -0.4 is 0 Å². The van der Waals surface area contributed by atoms with E-state index >= 15 is 0 Å². The fourth-order valence-corrected chi connectivity index (χ4v) is 5.66. The molecule has 0 aromatic heterocycles. The van der Waals surface area contributed by atoms with Crippen molar-refractivity contribution in [2.45, 2.75) is 65.9 Å². The Hall–Kier alpha value is -0.530. The van der Waals surface area contributed by atoms with Crippen LogP contribution in [0.5, 0.6) is 0 Å². The topological polar surface area (TPSA) is 26.3 Å². The number of fused-ring (bicyclic) bond motifs is 1. The van der Waals surface area contributed by atoms with E-state index in [9.17, 15) is 4.79 Å². The number of rotatable bonds is 1. The van der Waals surface area contributed by atoms with E-state index < -0.39 is 0 Å². The molecule has 3 aliphatic carbocycles. The van der Waals surface area contributed by atoms with Crippen molar-refractivity contribution in [3.05, 3.63) is 0 Å². The summed E-state index contributed by atoms with van der Waals surface area (Å²) in [5.74, 6) is 1.89. The maximum absolute atomic E-state index is 11.4. The third-order valence-corrected chi connectivity index (χ3v) is 6.51. The molecule has 2 bridgehead atoms. The average molecular weight is 250 g/mol. The first kappa shape index (κ1) is 12.5. The zero-order chi connectivity index (χ0) is 13.1. The lowest BCUT2D eigenvalue weighted by molar-refractivity contribution is -0.160. The number of esters is 1. The standard InChI is InChI=1S/C16H26O2/c1-10-8-16-9-12(10)14(18-11(2)17)13(16)6-5-7-15(16,3)4/h10,12-14H,5-9H2,1-4H3. The number of carbonyl (C=O) groups is 1. The van der Waals surface area contributed by atoms with Crippen LogP contribution in [-0.4, -0.2) is 12.1 Å². The van der Waals surface area contributed by atoms with Crippen molar-refractivity contribution in [1.29, 1.82) is 0 Å². The minimum atomic E-state index is -0.0849. The van der Waals surface area contributed by atoms with E-state index in [1.165, 1.54) is 32.1 Å². The highest BCUT2D eigenvalue weighted by molar-refractivity contribution is 5.66. The van der Waals surface area contributed by atoms with Crippen molar-refractivity contribution < 1.29 is 9.53 Å². The van der Waals surface area contributed by atoms with Gasteiger partial charge in [0.1, 0.15) is 6.10 Å². The molecule has 18 heavy (non-hydrogen) atoms. The zero-order valence-corrected chi connectivity index (χ0v) is 12.2. The molecule has 3 fully saturated rings. The SMILES string of the molecule is CC(=O)OC1C2CC3(CC2C)C1CCCC3(C)C. The van der Waals surface area contributed by atoms with Gasteiger partial charge in [-0.2, -0.15) is 0 Å². The Morgan fingerprint density at radius 3 is 2.67 bits per heavy atom. The molecule has 0 amide bonds. The molecule has 0 heterocycles. The Morgan fingerprint density at radius 2 is 2.00 bits per heavy atom. The Balaban J connectivity index is 1.96. The Kier molecular flexibility index (Phi) is 2.60. The summed E-state index contributed by atoms with van der Waals surface area (Å²) in [7, 11) is 0. The number of hydrogen-bond donors (Lipinski definition) is 0. The van der Waals surface area contributed by atoms with Gasteiger partial charge in [0.25, 0.3) is 0 Å². The quantitative estimate of drug-likeness (QED) is 0.662. The highest BCUT2D eigenvalue weighted by Crippen LogP contribution is 2.71. The van der Waals surface area contributed by atoms with Crippen LogP contribution in [0.25, 0.3) is 0 Å². The molecule has 102 valence electrons. The summed E-state index contributed by atoms with van der Waals surface area (Å²) in [5.41, 5.74) is 0.878. The third-order valence-electron chi connectivity index (χ3n) is 6.51. The molecule has 2 heteroatoms. The minimum Gasteiger partial charge on any atom is -0.462 e. The summed E-state index contributed by atoms with van der Waals surface area (Å²) in [4.78, 5) is 11.4. The van der Waals surface area contributed by atoms with Gasteiger partial charge in [0.15, 0.2) is 0 Å². The van der Waals surface area contributed by atoms with Crippen molar-refractivity contribution in [3.63, 3.8) is 0 Å². The monoisotopic (exact) mass is 250 g/mol. The largest absolute Gasteiger partial charge is 0.462 e. The molecule has 1 spiro atoms. The second-order valence-corrected chi connectivity index (χ2v) is 7.66. The highest BCUT2D eigenvalue weighted by Gasteiger charge is 2.67. The van der Waals surface area contributed by atoms with Crippen LogP contribution in [-0.2, 0) is 9.53 Å². The lowest BCUT2D eigenvalue weighted by Crippen LogP contribution is -2.49. The molecule has 3 saturated carbocycles. The summed E-state index contributed by atoms with van der Waals surface area (Å²) in [6, 6.07) is 0. The first-order valence-electron chi connectivity index (χ1n) is 7.55. The number of carbonyl (C=O) groups excluding carboxylic acids is 1. The van der Waals surface area contributed by atoms with Crippen LogP contribution >= 0.6 is 0 Å². The lowest BCUT2D eigenvalue weighted by Gasteiger charge is -2.54. The summed E-state index contributed by atoms with van der Waals surface area (Å²) < 4.78 is 5.73. The molecule has 0 saturated heterocycles. The van der Waals surface area contributed by atoms with Gasteiger partial charge < -0.3 is 4.74 Å². The first-order chi connectivity index (χ1) is 8.37. The van der Waals surface area contributed by atoms with Crippen LogP contribution in [0.4, 0.5) is 0 Å². The van der Waals surface area contributed by atoms with Gasteiger partial charge in [-0.25, -0.2) is 0 Å². The molecule has 5 unspecified atom stereocenters. The Labute approximate surface area is 110 Å². The van der Waals surface area contributed by atoms with Crippen LogP contribution in [0.15, 0.2) is 0 Å². The van der Waals surface area contributed by atoms with Gasteiger partial charge in [-0.05, 0) is 48.3 Å². The van der Waals surface area contributed by atoms with Gasteiger partial charge in [0.05, 0.1) is 0 Å². The number of hydrogen-bond acceptors (Lipinski definition) is 2. The summed E-state index contributed by atoms with van der Waals surface area (Å²) in [5, 5.41) is 0. The van der Waals surface area contributed by atoms with E-state index in [4.69, 9.17) is 4.74 Å². The van der Waals surface area contributed by atoms with Crippen molar-refractivity contribution in [2.24, 2.45) is 28.6 Å². The minimum absolute atomic E-state index is 0.0849. The van der Waals surface area contributed by atoms with Gasteiger partial charge in [-0.3, -0.25) is 4.79 Å². The summed E-state index contributed by atoms with van der Waals surface area (Å²) in [6.07, 6.45) is 6.78. The zero-order valence-electron chi connectivity index (χ0n) is 12.2. The maximum atomic E-state index is 11.4. The van der Waals surface area contributed by atoms with Crippen LogP contribution in [0, 0.1) is 28.6 Å². The molecule has 0 aromatic carbocycles. The van der Waals surface area contributed by atoms with E-state index in [1.54, 1.807) is 6.92 Å². The molecule has 5 atom stereocenters. The van der Waals surface area contributed by atoms with Crippen LogP contribution in [0.2, 0.25) is 0 Å². The average Bonchev–Trinajstić information content (AvgIpc) is 2.72. The van der Waals surface area contributed by atoms with Crippen molar-refractivity contribution in [3.8, 4) is 0 Å². The molecule has 2 nitrogen and oxygen atoms in total. The number of ether oxygens (including phenoxy) is 1. The second kappa shape index (κ2) is 3.74. The van der Waals surface area contributed by atoms with E-state index in [1.807, 2.05) is 0 Å². The van der Waals surface area contributed by atoms with E-state index in [0.717, 1.165) is 5.92 Å². The highest BCUT2D eigenvalue weighted by atomic mass is 16.5. The van der Waals surface area contributed by atoms with Gasteiger partial charge in [-0.15, -0.1) is 0 Å². The molecule has 0 aliphatic heterocycles. The Bertz CT molecular complexity index is 373.